The topological polar surface area (TPSA) is 37.3 Å². The van der Waals surface area contributed by atoms with E-state index in [4.69, 9.17) is 16.7 Å². The minimum Gasteiger partial charge on any atom is -0.477 e. The SMILES string of the molecule is O=C(O)C(F)(F)c1cccc2cccc(Cl)c12. The molecule has 0 unspecified atom stereocenters. The first-order valence-electron chi connectivity index (χ1n) is 4.73. The Morgan fingerprint density at radius 2 is 1.76 bits per heavy atom. The van der Waals surface area contributed by atoms with Gasteiger partial charge in [0.05, 0.1) is 0 Å². The second kappa shape index (κ2) is 3.96. The van der Waals surface area contributed by atoms with Gasteiger partial charge in [0, 0.05) is 16.0 Å². The van der Waals surface area contributed by atoms with E-state index in [0.29, 0.717) is 5.39 Å². The molecule has 0 spiro atoms. The van der Waals surface area contributed by atoms with Gasteiger partial charge < -0.3 is 5.11 Å². The largest absolute Gasteiger partial charge is 0.477 e. The average molecular weight is 257 g/mol. The molecule has 0 saturated heterocycles. The van der Waals surface area contributed by atoms with Gasteiger partial charge in [-0.25, -0.2) is 4.79 Å². The summed E-state index contributed by atoms with van der Waals surface area (Å²) in [5, 5.41) is 9.22. The lowest BCUT2D eigenvalue weighted by atomic mass is 10.00. The molecule has 2 nitrogen and oxygen atoms in total. The van der Waals surface area contributed by atoms with Crippen LogP contribution in [-0.2, 0) is 10.7 Å². The van der Waals surface area contributed by atoms with Crippen molar-refractivity contribution in [3.63, 3.8) is 0 Å². The zero-order valence-corrected chi connectivity index (χ0v) is 9.21. The molecule has 2 rings (SSSR count). The van der Waals surface area contributed by atoms with Gasteiger partial charge in [-0.1, -0.05) is 41.9 Å². The number of hydrogen-bond acceptors (Lipinski definition) is 1. The normalized spacial score (nSPS) is 11.7. The number of fused-ring (bicyclic) bond motifs is 1. The van der Waals surface area contributed by atoms with Crippen LogP contribution in [0.2, 0.25) is 5.02 Å². The van der Waals surface area contributed by atoms with Crippen molar-refractivity contribution in [3.05, 3.63) is 47.0 Å². The monoisotopic (exact) mass is 256 g/mol. The van der Waals surface area contributed by atoms with Crippen LogP contribution >= 0.6 is 11.6 Å². The van der Waals surface area contributed by atoms with Crippen LogP contribution in [0.4, 0.5) is 8.78 Å². The number of rotatable bonds is 2. The van der Waals surface area contributed by atoms with E-state index in [9.17, 15) is 13.6 Å². The third-order valence-electron chi connectivity index (χ3n) is 2.46. The predicted octanol–water partition coefficient (Wildman–Crippen LogP) is 3.67. The van der Waals surface area contributed by atoms with Gasteiger partial charge in [0.1, 0.15) is 0 Å². The maximum Gasteiger partial charge on any atom is 0.379 e. The van der Waals surface area contributed by atoms with E-state index in [1.807, 2.05) is 0 Å². The highest BCUT2D eigenvalue weighted by molar-refractivity contribution is 6.35. The maximum absolute atomic E-state index is 13.5. The quantitative estimate of drug-likeness (QED) is 0.890. The van der Waals surface area contributed by atoms with Crippen molar-refractivity contribution < 1.29 is 18.7 Å². The minimum atomic E-state index is -3.95. The molecular weight excluding hydrogens is 250 g/mol. The van der Waals surface area contributed by atoms with Crippen molar-refractivity contribution in [2.24, 2.45) is 0 Å². The molecule has 0 heterocycles. The van der Waals surface area contributed by atoms with E-state index in [0.717, 1.165) is 6.07 Å². The molecule has 0 atom stereocenters. The Bertz CT molecular complexity index is 591. The summed E-state index contributed by atoms with van der Waals surface area (Å²) in [6, 6.07) is 8.72. The van der Waals surface area contributed by atoms with Gasteiger partial charge in [-0.05, 0) is 11.5 Å². The van der Waals surface area contributed by atoms with Crippen molar-refractivity contribution >= 4 is 28.3 Å². The number of carboxylic acid groups (broad SMARTS) is 1. The molecular formula is C12H7ClF2O2. The number of carbonyl (C=O) groups is 1. The lowest BCUT2D eigenvalue weighted by molar-refractivity contribution is -0.166. The summed E-state index contributed by atoms with van der Waals surface area (Å²) in [6.07, 6.45) is 0. The summed E-state index contributed by atoms with van der Waals surface area (Å²) in [5.74, 6) is -6.14. The molecule has 0 aliphatic heterocycles. The Balaban J connectivity index is 2.83. The Labute approximate surface area is 100 Å². The fraction of sp³-hybridized carbons (Fsp3) is 0.0833. The van der Waals surface area contributed by atoms with E-state index >= 15 is 0 Å². The lowest BCUT2D eigenvalue weighted by Gasteiger charge is -2.14. The predicted molar refractivity (Wildman–Crippen MR) is 60.5 cm³/mol. The molecule has 0 aromatic heterocycles. The Hall–Kier alpha value is -1.68. The van der Waals surface area contributed by atoms with Crippen LogP contribution in [0.25, 0.3) is 10.8 Å². The average Bonchev–Trinajstić information content (AvgIpc) is 2.28. The fourth-order valence-electron chi connectivity index (χ4n) is 1.67. The molecule has 0 aliphatic rings. The van der Waals surface area contributed by atoms with Crippen molar-refractivity contribution in [2.75, 3.05) is 0 Å². The fourth-order valence-corrected chi connectivity index (χ4v) is 1.96. The van der Waals surface area contributed by atoms with E-state index in [1.165, 1.54) is 12.1 Å². The van der Waals surface area contributed by atoms with Crippen LogP contribution in [0.5, 0.6) is 0 Å². The van der Waals surface area contributed by atoms with Gasteiger partial charge >= 0.3 is 11.9 Å². The molecule has 0 amide bonds. The number of carboxylic acids is 1. The summed E-state index contributed by atoms with van der Waals surface area (Å²) in [7, 11) is 0. The molecule has 5 heteroatoms. The van der Waals surface area contributed by atoms with Gasteiger partial charge in [-0.15, -0.1) is 0 Å². The Morgan fingerprint density at radius 1 is 1.18 bits per heavy atom. The zero-order chi connectivity index (χ0) is 12.6. The molecule has 1 N–H and O–H groups in total. The number of aliphatic carboxylic acids is 1. The number of benzene rings is 2. The number of halogens is 3. The molecule has 0 radical (unpaired) electrons. The summed E-state index contributed by atoms with van der Waals surface area (Å²) < 4.78 is 27.1. The first-order valence-corrected chi connectivity index (χ1v) is 5.11. The van der Waals surface area contributed by atoms with Crippen molar-refractivity contribution in [2.45, 2.75) is 5.92 Å². The van der Waals surface area contributed by atoms with Crippen LogP contribution < -0.4 is 0 Å². The summed E-state index contributed by atoms with van der Waals surface area (Å²) >= 11 is 5.85. The molecule has 0 bridgehead atoms. The van der Waals surface area contributed by atoms with Crippen molar-refractivity contribution in [1.82, 2.24) is 0 Å². The third-order valence-corrected chi connectivity index (χ3v) is 2.78. The molecule has 2 aromatic carbocycles. The van der Waals surface area contributed by atoms with Crippen molar-refractivity contribution in [3.8, 4) is 0 Å². The smallest absolute Gasteiger partial charge is 0.379 e. The molecule has 88 valence electrons. The molecule has 17 heavy (non-hydrogen) atoms. The number of hydrogen-bond donors (Lipinski definition) is 1. The standard InChI is InChI=1S/C12H7ClF2O2/c13-9-6-2-4-7-3-1-5-8(10(7)9)12(14,15)11(16)17/h1-6H,(H,16,17). The first-order chi connectivity index (χ1) is 7.94. The van der Waals surface area contributed by atoms with Crippen LogP contribution in [0.3, 0.4) is 0 Å². The van der Waals surface area contributed by atoms with Gasteiger partial charge in [-0.2, -0.15) is 8.78 Å². The van der Waals surface area contributed by atoms with Crippen LogP contribution in [0.15, 0.2) is 36.4 Å². The molecule has 2 aromatic rings. The third kappa shape index (κ3) is 1.85. The lowest BCUT2D eigenvalue weighted by Crippen LogP contribution is -2.25. The summed E-state index contributed by atoms with van der Waals surface area (Å²) in [6.45, 7) is 0. The summed E-state index contributed by atoms with van der Waals surface area (Å²) in [5.41, 5.74) is -0.590. The second-order valence-electron chi connectivity index (χ2n) is 3.52. The van der Waals surface area contributed by atoms with Crippen molar-refractivity contribution in [1.29, 1.82) is 0 Å². The number of alkyl halides is 2. The highest BCUT2D eigenvalue weighted by Crippen LogP contribution is 2.37. The highest BCUT2D eigenvalue weighted by Gasteiger charge is 2.42. The first kappa shape index (κ1) is 11.8. The van der Waals surface area contributed by atoms with E-state index < -0.39 is 17.5 Å². The van der Waals surface area contributed by atoms with E-state index in [1.54, 1.807) is 18.2 Å². The van der Waals surface area contributed by atoms with E-state index in [-0.39, 0.29) is 10.4 Å². The summed E-state index contributed by atoms with van der Waals surface area (Å²) in [4.78, 5) is 10.6. The Kier molecular flexibility index (Phi) is 2.75. The van der Waals surface area contributed by atoms with Gasteiger partial charge in [0.2, 0.25) is 0 Å². The van der Waals surface area contributed by atoms with Crippen LogP contribution in [-0.4, -0.2) is 11.1 Å². The van der Waals surface area contributed by atoms with Crippen LogP contribution in [0, 0.1) is 0 Å². The van der Waals surface area contributed by atoms with Gasteiger partial charge in [0.15, 0.2) is 0 Å². The van der Waals surface area contributed by atoms with Gasteiger partial charge in [-0.3, -0.25) is 0 Å². The minimum absolute atomic E-state index is 0.0732. The molecule has 0 aliphatic carbocycles. The van der Waals surface area contributed by atoms with E-state index in [2.05, 4.69) is 0 Å². The second-order valence-corrected chi connectivity index (χ2v) is 3.93. The highest BCUT2D eigenvalue weighted by atomic mass is 35.5. The zero-order valence-electron chi connectivity index (χ0n) is 8.45. The Morgan fingerprint density at radius 3 is 2.35 bits per heavy atom. The van der Waals surface area contributed by atoms with Gasteiger partial charge in [0.25, 0.3) is 0 Å². The van der Waals surface area contributed by atoms with Crippen LogP contribution in [0.1, 0.15) is 5.56 Å². The maximum atomic E-state index is 13.5. The molecule has 0 fully saturated rings. The molecule has 0 saturated carbocycles.